The molecule has 2 aromatic heterocycles. The molecule has 0 spiro atoms. The maximum Gasteiger partial charge on any atom is 0.234 e. The Balaban J connectivity index is 1.55. The first-order chi connectivity index (χ1) is 13.7. The summed E-state index contributed by atoms with van der Waals surface area (Å²) in [6.07, 6.45) is 1.51. The number of carbonyl (C=O) groups excluding carboxylic acids is 1. The number of anilines is 1. The van der Waals surface area contributed by atoms with Gasteiger partial charge in [0, 0.05) is 10.9 Å². The highest BCUT2D eigenvalue weighted by Gasteiger charge is 2.14. The van der Waals surface area contributed by atoms with Gasteiger partial charge >= 0.3 is 0 Å². The number of hydrogen-bond donors (Lipinski definition) is 2. The molecule has 0 aliphatic heterocycles. The van der Waals surface area contributed by atoms with Crippen LogP contribution in [0.4, 0.5) is 5.69 Å². The Bertz CT molecular complexity index is 1160. The number of amides is 1. The molecule has 0 aliphatic rings. The molecule has 2 heterocycles. The maximum atomic E-state index is 12.4. The van der Waals surface area contributed by atoms with E-state index in [-0.39, 0.29) is 11.7 Å². The summed E-state index contributed by atoms with van der Waals surface area (Å²) in [5.74, 6) is 1.45. The van der Waals surface area contributed by atoms with E-state index < -0.39 is 0 Å². The standard InChI is InChI=1S/C20H18N4O3S/c1-26-12-7-8-14-13(9-12)18-19(24-14)20(22-11-21-18)28-10-17(25)23-15-5-3-4-6-16(15)27-2/h3-9,11,24H,10H2,1-2H3,(H,23,25). The highest BCUT2D eigenvalue weighted by Crippen LogP contribution is 2.32. The molecular weight excluding hydrogens is 376 g/mol. The van der Waals surface area contributed by atoms with Gasteiger partial charge in [0.2, 0.25) is 5.91 Å². The van der Waals surface area contributed by atoms with E-state index in [4.69, 9.17) is 9.47 Å². The molecule has 2 aromatic carbocycles. The molecule has 0 aliphatic carbocycles. The van der Waals surface area contributed by atoms with Crippen molar-refractivity contribution in [3.63, 3.8) is 0 Å². The molecule has 7 nitrogen and oxygen atoms in total. The van der Waals surface area contributed by atoms with Crippen LogP contribution in [-0.2, 0) is 4.79 Å². The lowest BCUT2D eigenvalue weighted by Crippen LogP contribution is -2.14. The van der Waals surface area contributed by atoms with Gasteiger partial charge in [-0.3, -0.25) is 4.79 Å². The molecule has 0 atom stereocenters. The molecular formula is C20H18N4O3S. The molecule has 4 rings (SSSR count). The summed E-state index contributed by atoms with van der Waals surface area (Å²) < 4.78 is 10.6. The first-order valence-corrected chi connectivity index (χ1v) is 9.54. The zero-order valence-corrected chi connectivity index (χ0v) is 16.2. The summed E-state index contributed by atoms with van der Waals surface area (Å²) in [5, 5.41) is 4.54. The summed E-state index contributed by atoms with van der Waals surface area (Å²) in [4.78, 5) is 24.5. The normalized spacial score (nSPS) is 10.9. The smallest absolute Gasteiger partial charge is 0.234 e. The van der Waals surface area contributed by atoms with Gasteiger partial charge in [0.25, 0.3) is 0 Å². The van der Waals surface area contributed by atoms with Crippen LogP contribution in [0.5, 0.6) is 11.5 Å². The number of thioether (sulfide) groups is 1. The van der Waals surface area contributed by atoms with E-state index in [2.05, 4.69) is 20.3 Å². The average molecular weight is 394 g/mol. The van der Waals surface area contributed by atoms with Crippen LogP contribution in [0, 0.1) is 0 Å². The molecule has 4 aromatic rings. The molecule has 0 bridgehead atoms. The summed E-state index contributed by atoms with van der Waals surface area (Å²) in [5.41, 5.74) is 3.19. The molecule has 1 amide bonds. The van der Waals surface area contributed by atoms with Gasteiger partial charge in [0.05, 0.1) is 31.2 Å². The first-order valence-electron chi connectivity index (χ1n) is 8.55. The number of nitrogens with one attached hydrogen (secondary N) is 2. The van der Waals surface area contributed by atoms with Gasteiger partial charge in [-0.25, -0.2) is 9.97 Å². The first kappa shape index (κ1) is 18.1. The quantitative estimate of drug-likeness (QED) is 0.381. The minimum Gasteiger partial charge on any atom is -0.497 e. The van der Waals surface area contributed by atoms with E-state index in [0.29, 0.717) is 11.4 Å². The third-order valence-corrected chi connectivity index (χ3v) is 5.26. The lowest BCUT2D eigenvalue weighted by molar-refractivity contribution is -0.113. The van der Waals surface area contributed by atoms with Crippen LogP contribution < -0.4 is 14.8 Å². The number of aromatic nitrogens is 3. The Kier molecular flexibility index (Phi) is 5.03. The third-order valence-electron chi connectivity index (χ3n) is 4.28. The van der Waals surface area contributed by atoms with Gasteiger partial charge in [0.15, 0.2) is 0 Å². The van der Waals surface area contributed by atoms with Crippen molar-refractivity contribution in [1.82, 2.24) is 15.0 Å². The van der Waals surface area contributed by atoms with Crippen molar-refractivity contribution in [2.45, 2.75) is 5.03 Å². The largest absolute Gasteiger partial charge is 0.497 e. The lowest BCUT2D eigenvalue weighted by Gasteiger charge is -2.09. The van der Waals surface area contributed by atoms with Crippen LogP contribution in [0.1, 0.15) is 0 Å². The molecule has 142 valence electrons. The fourth-order valence-corrected chi connectivity index (χ4v) is 3.71. The van der Waals surface area contributed by atoms with Crippen molar-refractivity contribution in [3.05, 3.63) is 48.8 Å². The predicted octanol–water partition coefficient (Wildman–Crippen LogP) is 3.86. The van der Waals surface area contributed by atoms with Crippen molar-refractivity contribution in [2.75, 3.05) is 25.3 Å². The number of fused-ring (bicyclic) bond motifs is 3. The summed E-state index contributed by atoms with van der Waals surface area (Å²) in [7, 11) is 3.20. The van der Waals surface area contributed by atoms with Gasteiger partial charge in [-0.05, 0) is 30.3 Å². The number of nitrogens with zero attached hydrogens (tertiary/aromatic N) is 2. The van der Waals surface area contributed by atoms with Gasteiger partial charge < -0.3 is 19.8 Å². The Labute approximate surface area is 165 Å². The minimum atomic E-state index is -0.140. The molecule has 8 heteroatoms. The van der Waals surface area contributed by atoms with Crippen molar-refractivity contribution in [3.8, 4) is 11.5 Å². The molecule has 28 heavy (non-hydrogen) atoms. The van der Waals surface area contributed by atoms with Crippen LogP contribution in [0.3, 0.4) is 0 Å². The second kappa shape index (κ2) is 7.77. The summed E-state index contributed by atoms with van der Waals surface area (Å²) >= 11 is 1.35. The van der Waals surface area contributed by atoms with Crippen LogP contribution in [0.25, 0.3) is 21.9 Å². The summed E-state index contributed by atoms with van der Waals surface area (Å²) in [6, 6.07) is 13.1. The average Bonchev–Trinajstić information content (AvgIpc) is 3.11. The maximum absolute atomic E-state index is 12.4. The van der Waals surface area contributed by atoms with Crippen molar-refractivity contribution >= 4 is 45.3 Å². The van der Waals surface area contributed by atoms with E-state index in [0.717, 1.165) is 32.7 Å². The van der Waals surface area contributed by atoms with Crippen LogP contribution in [0.15, 0.2) is 53.8 Å². The van der Waals surface area contributed by atoms with Crippen molar-refractivity contribution in [2.24, 2.45) is 0 Å². The van der Waals surface area contributed by atoms with Crippen molar-refractivity contribution in [1.29, 1.82) is 0 Å². The third kappa shape index (κ3) is 3.46. The molecule has 0 saturated heterocycles. The number of carbonyl (C=O) groups is 1. The van der Waals surface area contributed by atoms with Crippen molar-refractivity contribution < 1.29 is 14.3 Å². The van der Waals surface area contributed by atoms with Crippen LogP contribution >= 0.6 is 11.8 Å². The monoisotopic (exact) mass is 394 g/mol. The predicted molar refractivity (Wildman–Crippen MR) is 110 cm³/mol. The van der Waals surface area contributed by atoms with Gasteiger partial charge in [-0.15, -0.1) is 0 Å². The molecule has 0 fully saturated rings. The number of H-pyrrole nitrogens is 1. The van der Waals surface area contributed by atoms with Crippen LogP contribution in [-0.4, -0.2) is 40.8 Å². The van der Waals surface area contributed by atoms with E-state index in [1.54, 1.807) is 26.4 Å². The lowest BCUT2D eigenvalue weighted by atomic mass is 10.2. The number of rotatable bonds is 6. The van der Waals surface area contributed by atoms with E-state index >= 15 is 0 Å². The Hall–Kier alpha value is -3.26. The highest BCUT2D eigenvalue weighted by atomic mass is 32.2. The Morgan fingerprint density at radius 3 is 2.82 bits per heavy atom. The topological polar surface area (TPSA) is 89.1 Å². The van der Waals surface area contributed by atoms with Crippen LogP contribution in [0.2, 0.25) is 0 Å². The molecule has 0 saturated carbocycles. The SMILES string of the molecule is COc1ccc2[nH]c3c(SCC(=O)Nc4ccccc4OC)ncnc3c2c1. The Morgan fingerprint density at radius 1 is 1.14 bits per heavy atom. The van der Waals surface area contributed by atoms with E-state index in [9.17, 15) is 4.79 Å². The Morgan fingerprint density at radius 2 is 2.00 bits per heavy atom. The second-order valence-electron chi connectivity index (χ2n) is 5.98. The molecule has 0 unspecified atom stereocenters. The zero-order valence-electron chi connectivity index (χ0n) is 15.4. The van der Waals surface area contributed by atoms with Gasteiger partial charge in [-0.2, -0.15) is 0 Å². The number of ether oxygens (including phenoxy) is 2. The molecule has 0 radical (unpaired) electrons. The zero-order chi connectivity index (χ0) is 19.5. The number of aromatic amines is 1. The molecule has 2 N–H and O–H groups in total. The van der Waals surface area contributed by atoms with Gasteiger partial charge in [0.1, 0.15) is 28.4 Å². The summed E-state index contributed by atoms with van der Waals surface area (Å²) in [6.45, 7) is 0. The number of para-hydroxylation sites is 2. The number of hydrogen-bond acceptors (Lipinski definition) is 6. The van der Waals surface area contributed by atoms with E-state index in [1.807, 2.05) is 30.3 Å². The van der Waals surface area contributed by atoms with Gasteiger partial charge in [-0.1, -0.05) is 23.9 Å². The fraction of sp³-hybridized carbons (Fsp3) is 0.150. The van der Waals surface area contributed by atoms with E-state index in [1.165, 1.54) is 18.1 Å². The number of methoxy groups -OCH3 is 2. The number of benzene rings is 2. The fourth-order valence-electron chi connectivity index (χ4n) is 2.95. The minimum absolute atomic E-state index is 0.140. The highest BCUT2D eigenvalue weighted by molar-refractivity contribution is 8.00. The second-order valence-corrected chi connectivity index (χ2v) is 6.94.